The first kappa shape index (κ1) is 7.81. The lowest BCUT2D eigenvalue weighted by atomic mass is 10.2. The van der Waals surface area contributed by atoms with E-state index in [1.807, 2.05) is 0 Å². The third-order valence-corrected chi connectivity index (χ3v) is 1.28. The highest BCUT2D eigenvalue weighted by Crippen LogP contribution is 2.13. The zero-order valence-electron chi connectivity index (χ0n) is 5.98. The Hall–Kier alpha value is -1.29. The van der Waals surface area contributed by atoms with E-state index in [-0.39, 0.29) is 0 Å². The Bertz CT molecular complexity index is 227. The van der Waals surface area contributed by atoms with E-state index in [1.165, 1.54) is 25.7 Å². The first-order chi connectivity index (χ1) is 5.25. The molecule has 60 valence electrons. The van der Waals surface area contributed by atoms with Crippen molar-refractivity contribution in [2.24, 2.45) is 0 Å². The van der Waals surface area contributed by atoms with Crippen LogP contribution in [0.1, 0.15) is 11.7 Å². The molecule has 0 saturated carbocycles. The Labute approximate surface area is 63.4 Å². The normalized spacial score (nSPS) is 12.5. The second-order valence-corrected chi connectivity index (χ2v) is 1.98. The van der Waals surface area contributed by atoms with Crippen LogP contribution >= 0.6 is 0 Å². The molecule has 4 heteroatoms. The fraction of sp³-hybridized carbons (Fsp3) is 0.286. The van der Waals surface area contributed by atoms with Crippen molar-refractivity contribution in [1.82, 2.24) is 0 Å². The summed E-state index contributed by atoms with van der Waals surface area (Å²) >= 11 is 0. The third kappa shape index (κ3) is 1.59. The second-order valence-electron chi connectivity index (χ2n) is 1.98. The van der Waals surface area contributed by atoms with E-state index >= 15 is 0 Å². The Balaban J connectivity index is 2.70. The Kier molecular flexibility index (Phi) is 2.28. The molecule has 1 aromatic heterocycles. The predicted octanol–water partition coefficient (Wildman–Crippen LogP) is 0.486. The molecule has 0 aromatic carbocycles. The number of hydrogen-bond acceptors (Lipinski definition) is 4. The van der Waals surface area contributed by atoms with Gasteiger partial charge < -0.3 is 14.3 Å². The number of esters is 1. The van der Waals surface area contributed by atoms with Gasteiger partial charge in [-0.25, -0.2) is 4.79 Å². The van der Waals surface area contributed by atoms with Crippen molar-refractivity contribution in [1.29, 1.82) is 0 Å². The Morgan fingerprint density at radius 2 is 2.55 bits per heavy atom. The highest BCUT2D eigenvalue weighted by atomic mass is 16.5. The van der Waals surface area contributed by atoms with E-state index in [0.29, 0.717) is 5.56 Å². The maximum Gasteiger partial charge on any atom is 0.339 e. The quantitative estimate of drug-likeness (QED) is 0.633. The van der Waals surface area contributed by atoms with Crippen molar-refractivity contribution in [2.45, 2.75) is 6.10 Å². The van der Waals surface area contributed by atoms with Crippen LogP contribution in [0.4, 0.5) is 0 Å². The van der Waals surface area contributed by atoms with Gasteiger partial charge in [-0.3, -0.25) is 0 Å². The molecule has 0 fully saturated rings. The van der Waals surface area contributed by atoms with Crippen molar-refractivity contribution >= 4 is 5.97 Å². The minimum atomic E-state index is -1.24. The summed E-state index contributed by atoms with van der Waals surface area (Å²) in [5.41, 5.74) is 0.400. The van der Waals surface area contributed by atoms with Crippen molar-refractivity contribution < 1.29 is 19.1 Å². The summed E-state index contributed by atoms with van der Waals surface area (Å²) in [6.07, 6.45) is 1.43. The first-order valence-electron chi connectivity index (χ1n) is 3.03. The molecule has 0 aliphatic heterocycles. The van der Waals surface area contributed by atoms with Crippen LogP contribution in [0.25, 0.3) is 0 Å². The maximum absolute atomic E-state index is 10.7. The summed E-state index contributed by atoms with van der Waals surface area (Å²) < 4.78 is 8.97. The van der Waals surface area contributed by atoms with Crippen molar-refractivity contribution in [2.75, 3.05) is 7.11 Å². The monoisotopic (exact) mass is 156 g/mol. The first-order valence-corrected chi connectivity index (χ1v) is 3.03. The predicted molar refractivity (Wildman–Crippen MR) is 35.7 cm³/mol. The van der Waals surface area contributed by atoms with Crippen molar-refractivity contribution in [3.8, 4) is 0 Å². The lowest BCUT2D eigenvalue weighted by molar-refractivity contribution is -0.150. The van der Waals surface area contributed by atoms with E-state index in [1.54, 1.807) is 0 Å². The van der Waals surface area contributed by atoms with Crippen molar-refractivity contribution in [3.05, 3.63) is 24.2 Å². The van der Waals surface area contributed by atoms with Crippen LogP contribution in [0.2, 0.25) is 0 Å². The standard InChI is InChI=1S/C7H8O4/c1-10-7(9)6(8)5-2-3-11-4-5/h2-4,6,8H,1H3/t6-/m1/s1. The Morgan fingerprint density at radius 1 is 1.82 bits per heavy atom. The summed E-state index contributed by atoms with van der Waals surface area (Å²) in [7, 11) is 1.21. The molecule has 0 bridgehead atoms. The molecule has 0 radical (unpaired) electrons. The zero-order valence-corrected chi connectivity index (χ0v) is 5.98. The molecule has 11 heavy (non-hydrogen) atoms. The number of carbonyl (C=O) groups is 1. The number of aliphatic hydroxyl groups excluding tert-OH is 1. The molecule has 0 saturated heterocycles. The number of aliphatic hydroxyl groups is 1. The lowest BCUT2D eigenvalue weighted by Gasteiger charge is -2.03. The second kappa shape index (κ2) is 3.21. The average Bonchev–Trinajstić information content (AvgIpc) is 2.53. The molecule has 0 spiro atoms. The molecular weight excluding hydrogens is 148 g/mol. The van der Waals surface area contributed by atoms with Crippen LogP contribution in [-0.4, -0.2) is 18.2 Å². The fourth-order valence-electron chi connectivity index (χ4n) is 0.678. The largest absolute Gasteiger partial charge is 0.472 e. The molecule has 1 heterocycles. The number of methoxy groups -OCH3 is 1. The molecule has 1 atom stereocenters. The van der Waals surface area contributed by atoms with Gasteiger partial charge in [0, 0.05) is 5.56 Å². The van der Waals surface area contributed by atoms with Gasteiger partial charge in [0.1, 0.15) is 0 Å². The molecule has 4 nitrogen and oxygen atoms in total. The minimum absolute atomic E-state index is 0.400. The van der Waals surface area contributed by atoms with Crippen LogP contribution < -0.4 is 0 Å². The van der Waals surface area contributed by atoms with Gasteiger partial charge >= 0.3 is 5.97 Å². The van der Waals surface area contributed by atoms with Crippen molar-refractivity contribution in [3.63, 3.8) is 0 Å². The minimum Gasteiger partial charge on any atom is -0.472 e. The molecular formula is C7H8O4. The van der Waals surface area contributed by atoms with Gasteiger partial charge in [-0.15, -0.1) is 0 Å². The Morgan fingerprint density at radius 3 is 3.00 bits per heavy atom. The summed E-state index contributed by atoms with van der Waals surface area (Å²) in [5, 5.41) is 9.14. The number of ether oxygens (including phenoxy) is 1. The number of rotatable bonds is 2. The topological polar surface area (TPSA) is 59.7 Å². The lowest BCUT2D eigenvalue weighted by Crippen LogP contribution is -2.12. The fourth-order valence-corrected chi connectivity index (χ4v) is 0.678. The highest BCUT2D eigenvalue weighted by molar-refractivity contribution is 5.75. The van der Waals surface area contributed by atoms with E-state index in [4.69, 9.17) is 5.11 Å². The summed E-state index contributed by atoms with van der Waals surface area (Å²) in [6, 6.07) is 1.50. The number of hydrogen-bond donors (Lipinski definition) is 1. The van der Waals surface area contributed by atoms with Gasteiger partial charge in [0.2, 0.25) is 0 Å². The van der Waals surface area contributed by atoms with Gasteiger partial charge in [-0.1, -0.05) is 0 Å². The number of carbonyl (C=O) groups excluding carboxylic acids is 1. The summed E-state index contributed by atoms with van der Waals surface area (Å²) in [5.74, 6) is -0.689. The van der Waals surface area contributed by atoms with Crippen LogP contribution in [-0.2, 0) is 9.53 Å². The van der Waals surface area contributed by atoms with Crippen LogP contribution in [0, 0.1) is 0 Å². The van der Waals surface area contributed by atoms with Gasteiger partial charge in [0.25, 0.3) is 0 Å². The van der Waals surface area contributed by atoms with Gasteiger partial charge in [-0.05, 0) is 6.07 Å². The van der Waals surface area contributed by atoms with E-state index in [0.717, 1.165) is 0 Å². The van der Waals surface area contributed by atoms with Crippen LogP contribution in [0.3, 0.4) is 0 Å². The molecule has 0 unspecified atom stereocenters. The third-order valence-electron chi connectivity index (χ3n) is 1.28. The number of furan rings is 1. The molecule has 1 aromatic rings. The molecule has 1 N–H and O–H groups in total. The SMILES string of the molecule is COC(=O)[C@H](O)c1ccoc1. The van der Waals surface area contributed by atoms with E-state index in [9.17, 15) is 4.79 Å². The van der Waals surface area contributed by atoms with Gasteiger partial charge in [0.05, 0.1) is 19.6 Å². The highest BCUT2D eigenvalue weighted by Gasteiger charge is 2.18. The molecule has 0 amide bonds. The molecule has 0 aliphatic carbocycles. The molecule has 1 rings (SSSR count). The van der Waals surface area contributed by atoms with E-state index in [2.05, 4.69) is 9.15 Å². The smallest absolute Gasteiger partial charge is 0.339 e. The van der Waals surface area contributed by atoms with Crippen LogP contribution in [0.5, 0.6) is 0 Å². The average molecular weight is 156 g/mol. The summed E-state index contributed by atoms with van der Waals surface area (Å²) in [4.78, 5) is 10.7. The van der Waals surface area contributed by atoms with E-state index < -0.39 is 12.1 Å². The van der Waals surface area contributed by atoms with Gasteiger partial charge in [-0.2, -0.15) is 0 Å². The summed E-state index contributed by atoms with van der Waals surface area (Å²) in [6.45, 7) is 0. The van der Waals surface area contributed by atoms with Crippen LogP contribution in [0.15, 0.2) is 23.0 Å². The zero-order chi connectivity index (χ0) is 8.27. The molecule has 0 aliphatic rings. The maximum atomic E-state index is 10.7. The van der Waals surface area contributed by atoms with Gasteiger partial charge in [0.15, 0.2) is 6.10 Å².